The molecule has 18 heavy (non-hydrogen) atoms. The maximum absolute atomic E-state index is 5.83. The van der Waals surface area contributed by atoms with Crippen LogP contribution in [0, 0.1) is 0 Å². The lowest BCUT2D eigenvalue weighted by atomic mass is 10.2. The van der Waals surface area contributed by atoms with E-state index in [1.165, 1.54) is 0 Å². The number of rotatable bonds is 5. The summed E-state index contributed by atoms with van der Waals surface area (Å²) >= 11 is 3.43. The van der Waals surface area contributed by atoms with Crippen LogP contribution in [-0.4, -0.2) is 6.04 Å². The first kappa shape index (κ1) is 13.4. The lowest BCUT2D eigenvalue weighted by molar-refractivity contribution is 0.457. The van der Waals surface area contributed by atoms with E-state index in [4.69, 9.17) is 4.42 Å². The Morgan fingerprint density at radius 1 is 1.17 bits per heavy atom. The average Bonchev–Trinajstić information content (AvgIpc) is 2.85. The zero-order valence-corrected chi connectivity index (χ0v) is 12.3. The number of furan rings is 1. The summed E-state index contributed by atoms with van der Waals surface area (Å²) in [6, 6.07) is 12.7. The Morgan fingerprint density at radius 3 is 2.56 bits per heavy atom. The second-order valence-electron chi connectivity index (χ2n) is 4.46. The average molecular weight is 308 g/mol. The molecule has 0 spiro atoms. The lowest BCUT2D eigenvalue weighted by Crippen LogP contribution is -2.24. The SMILES string of the molecule is CCC(C)NCc1ccc(-c2ccc(Br)cc2)o1. The second-order valence-corrected chi connectivity index (χ2v) is 5.38. The molecule has 0 aliphatic heterocycles. The number of benzene rings is 1. The maximum atomic E-state index is 5.83. The van der Waals surface area contributed by atoms with Gasteiger partial charge in [0.2, 0.25) is 0 Å². The third kappa shape index (κ3) is 3.47. The van der Waals surface area contributed by atoms with Crippen LogP contribution in [0.1, 0.15) is 26.0 Å². The Balaban J connectivity index is 2.03. The van der Waals surface area contributed by atoms with E-state index in [0.717, 1.165) is 34.5 Å². The Hall–Kier alpha value is -1.06. The minimum absolute atomic E-state index is 0.520. The molecule has 1 aromatic heterocycles. The Labute approximate surface area is 117 Å². The summed E-state index contributed by atoms with van der Waals surface area (Å²) in [6.07, 6.45) is 1.13. The molecule has 0 aliphatic rings. The molecule has 2 nitrogen and oxygen atoms in total. The summed E-state index contributed by atoms with van der Waals surface area (Å²) in [5.41, 5.74) is 1.10. The van der Waals surface area contributed by atoms with Crippen LogP contribution in [-0.2, 0) is 6.54 Å². The summed E-state index contributed by atoms with van der Waals surface area (Å²) in [5.74, 6) is 1.90. The van der Waals surface area contributed by atoms with Gasteiger partial charge in [0.05, 0.1) is 6.54 Å². The van der Waals surface area contributed by atoms with Crippen molar-refractivity contribution in [1.29, 1.82) is 0 Å². The smallest absolute Gasteiger partial charge is 0.134 e. The summed E-state index contributed by atoms with van der Waals surface area (Å²) in [4.78, 5) is 0. The van der Waals surface area contributed by atoms with E-state index in [9.17, 15) is 0 Å². The highest BCUT2D eigenvalue weighted by atomic mass is 79.9. The van der Waals surface area contributed by atoms with Gasteiger partial charge in [-0.3, -0.25) is 0 Å². The van der Waals surface area contributed by atoms with Gasteiger partial charge < -0.3 is 9.73 Å². The van der Waals surface area contributed by atoms with Crippen LogP contribution in [0.15, 0.2) is 45.3 Å². The molecule has 1 unspecified atom stereocenters. The summed E-state index contributed by atoms with van der Waals surface area (Å²) in [5, 5.41) is 3.42. The van der Waals surface area contributed by atoms with Gasteiger partial charge in [-0.05, 0) is 37.6 Å². The quantitative estimate of drug-likeness (QED) is 0.873. The molecule has 1 N–H and O–H groups in total. The van der Waals surface area contributed by atoms with Gasteiger partial charge in [0, 0.05) is 16.1 Å². The van der Waals surface area contributed by atoms with Crippen LogP contribution >= 0.6 is 15.9 Å². The number of hydrogen-bond acceptors (Lipinski definition) is 2. The largest absolute Gasteiger partial charge is 0.460 e. The molecule has 1 heterocycles. The van der Waals surface area contributed by atoms with E-state index in [1.54, 1.807) is 0 Å². The minimum Gasteiger partial charge on any atom is -0.460 e. The van der Waals surface area contributed by atoms with Crippen molar-refractivity contribution in [1.82, 2.24) is 5.32 Å². The fourth-order valence-electron chi connectivity index (χ4n) is 1.66. The van der Waals surface area contributed by atoms with E-state index < -0.39 is 0 Å². The van der Waals surface area contributed by atoms with Crippen molar-refractivity contribution in [3.63, 3.8) is 0 Å². The predicted molar refractivity (Wildman–Crippen MR) is 78.4 cm³/mol. The Kier molecular flexibility index (Phi) is 4.61. The summed E-state index contributed by atoms with van der Waals surface area (Å²) < 4.78 is 6.91. The Bertz CT molecular complexity index is 489. The van der Waals surface area contributed by atoms with Crippen molar-refractivity contribution in [3.8, 4) is 11.3 Å². The van der Waals surface area contributed by atoms with Gasteiger partial charge in [-0.25, -0.2) is 0 Å². The molecule has 0 aliphatic carbocycles. The van der Waals surface area contributed by atoms with Crippen molar-refractivity contribution in [3.05, 3.63) is 46.6 Å². The van der Waals surface area contributed by atoms with Crippen molar-refractivity contribution in [2.24, 2.45) is 0 Å². The van der Waals surface area contributed by atoms with Crippen molar-refractivity contribution < 1.29 is 4.42 Å². The standard InChI is InChI=1S/C15H18BrNO/c1-3-11(2)17-10-14-8-9-15(18-14)12-4-6-13(16)7-5-12/h4-9,11,17H,3,10H2,1-2H3. The zero-order valence-electron chi connectivity index (χ0n) is 10.7. The molecule has 2 aromatic rings. The summed E-state index contributed by atoms with van der Waals surface area (Å²) in [6.45, 7) is 5.14. The van der Waals surface area contributed by atoms with Crippen molar-refractivity contribution in [2.45, 2.75) is 32.9 Å². The molecule has 1 aromatic carbocycles. The van der Waals surface area contributed by atoms with Gasteiger partial charge in [-0.15, -0.1) is 0 Å². The van der Waals surface area contributed by atoms with E-state index in [2.05, 4.69) is 47.2 Å². The fourth-order valence-corrected chi connectivity index (χ4v) is 1.93. The zero-order chi connectivity index (χ0) is 13.0. The first-order valence-corrected chi connectivity index (χ1v) is 7.06. The van der Waals surface area contributed by atoms with Gasteiger partial charge in [0.1, 0.15) is 11.5 Å². The fraction of sp³-hybridized carbons (Fsp3) is 0.333. The van der Waals surface area contributed by atoms with Crippen molar-refractivity contribution in [2.75, 3.05) is 0 Å². The minimum atomic E-state index is 0.520. The first-order chi connectivity index (χ1) is 8.69. The van der Waals surface area contributed by atoms with Gasteiger partial charge in [-0.1, -0.05) is 35.0 Å². The van der Waals surface area contributed by atoms with Crippen LogP contribution in [0.4, 0.5) is 0 Å². The van der Waals surface area contributed by atoms with E-state index >= 15 is 0 Å². The highest BCUT2D eigenvalue weighted by molar-refractivity contribution is 9.10. The van der Waals surface area contributed by atoms with E-state index in [1.807, 2.05) is 24.3 Å². The topological polar surface area (TPSA) is 25.2 Å². The lowest BCUT2D eigenvalue weighted by Gasteiger charge is -2.08. The molecule has 2 rings (SSSR count). The van der Waals surface area contributed by atoms with Gasteiger partial charge in [0.25, 0.3) is 0 Å². The van der Waals surface area contributed by atoms with E-state index in [-0.39, 0.29) is 0 Å². The highest BCUT2D eigenvalue weighted by Crippen LogP contribution is 2.23. The highest BCUT2D eigenvalue weighted by Gasteiger charge is 2.05. The molecular weight excluding hydrogens is 290 g/mol. The van der Waals surface area contributed by atoms with Gasteiger partial charge in [0.15, 0.2) is 0 Å². The molecule has 0 saturated carbocycles. The van der Waals surface area contributed by atoms with Crippen LogP contribution in [0.3, 0.4) is 0 Å². The number of halogens is 1. The van der Waals surface area contributed by atoms with Crippen LogP contribution in [0.25, 0.3) is 11.3 Å². The maximum Gasteiger partial charge on any atom is 0.134 e. The van der Waals surface area contributed by atoms with Crippen LogP contribution in [0.2, 0.25) is 0 Å². The molecule has 1 atom stereocenters. The number of hydrogen-bond donors (Lipinski definition) is 1. The predicted octanol–water partition coefficient (Wildman–Crippen LogP) is 4.60. The molecule has 0 saturated heterocycles. The van der Waals surface area contributed by atoms with Gasteiger partial charge in [-0.2, -0.15) is 0 Å². The second kappa shape index (κ2) is 6.21. The third-order valence-corrected chi connectivity index (χ3v) is 3.56. The molecule has 0 bridgehead atoms. The molecule has 3 heteroatoms. The van der Waals surface area contributed by atoms with Gasteiger partial charge >= 0.3 is 0 Å². The normalized spacial score (nSPS) is 12.6. The monoisotopic (exact) mass is 307 g/mol. The first-order valence-electron chi connectivity index (χ1n) is 6.27. The molecule has 0 amide bonds. The third-order valence-electron chi connectivity index (χ3n) is 3.03. The van der Waals surface area contributed by atoms with Crippen LogP contribution < -0.4 is 5.32 Å². The number of nitrogens with one attached hydrogen (secondary N) is 1. The Morgan fingerprint density at radius 2 is 1.89 bits per heavy atom. The molecule has 0 fully saturated rings. The van der Waals surface area contributed by atoms with Crippen LogP contribution in [0.5, 0.6) is 0 Å². The van der Waals surface area contributed by atoms with Crippen molar-refractivity contribution >= 4 is 15.9 Å². The molecule has 96 valence electrons. The molecular formula is C15H18BrNO. The summed E-state index contributed by atoms with van der Waals surface area (Å²) in [7, 11) is 0. The molecule has 0 radical (unpaired) electrons. The van der Waals surface area contributed by atoms with E-state index in [0.29, 0.717) is 6.04 Å².